The van der Waals surface area contributed by atoms with Crippen LogP contribution in [0.4, 0.5) is 0 Å². The van der Waals surface area contributed by atoms with Crippen LogP contribution in [0.15, 0.2) is 18.2 Å². The molecule has 65 valence electrons. The minimum atomic E-state index is 0.224. The van der Waals surface area contributed by atoms with Crippen molar-refractivity contribution in [2.75, 3.05) is 0 Å². The van der Waals surface area contributed by atoms with Gasteiger partial charge in [-0.25, -0.2) is 0 Å². The summed E-state index contributed by atoms with van der Waals surface area (Å²) in [7, 11) is 0. The molecule has 0 atom stereocenters. The second-order valence-corrected chi connectivity index (χ2v) is 2.61. The molecule has 0 heterocycles. The van der Waals surface area contributed by atoms with E-state index < -0.39 is 0 Å². The summed E-state index contributed by atoms with van der Waals surface area (Å²) in [6.07, 6.45) is 0.827. The Morgan fingerprint density at radius 2 is 2.25 bits per heavy atom. The smallest absolute Gasteiger partial charge is 0.161 e. The summed E-state index contributed by atoms with van der Waals surface area (Å²) in [5, 5.41) is 9.48. The lowest BCUT2D eigenvalue weighted by molar-refractivity contribution is 0.361. The number of hydrogen-bond acceptors (Lipinski definition) is 2. The zero-order valence-corrected chi connectivity index (χ0v) is 7.37. The van der Waals surface area contributed by atoms with Gasteiger partial charge < -0.3 is 9.84 Å². The largest absolute Gasteiger partial charge is 0.504 e. The third-order valence-electron chi connectivity index (χ3n) is 1.58. The molecule has 0 aliphatic rings. The van der Waals surface area contributed by atoms with Crippen molar-refractivity contribution in [2.24, 2.45) is 0 Å². The molecular weight excluding hydrogens is 152 g/mol. The van der Waals surface area contributed by atoms with Crippen LogP contribution in [0.25, 0.3) is 0 Å². The first-order valence-corrected chi connectivity index (χ1v) is 4.02. The zero-order chi connectivity index (χ0) is 8.97. The Morgan fingerprint density at radius 3 is 2.92 bits per heavy atom. The molecule has 1 N–H and O–H groups in total. The highest BCUT2D eigenvalue weighted by Gasteiger charge is 2.03. The van der Waals surface area contributed by atoms with Crippen LogP contribution in [0.1, 0.15) is 18.9 Å². The van der Waals surface area contributed by atoms with Gasteiger partial charge in [0.25, 0.3) is 0 Å². The van der Waals surface area contributed by atoms with Crippen molar-refractivity contribution in [2.45, 2.75) is 20.3 Å². The molecule has 0 aliphatic carbocycles. The summed E-state index contributed by atoms with van der Waals surface area (Å²) in [5.41, 5.74) is 0.831. The molecule has 0 unspecified atom stereocenters. The van der Waals surface area contributed by atoms with Crippen LogP contribution in [0, 0.1) is 13.5 Å². The van der Waals surface area contributed by atoms with Crippen LogP contribution >= 0.6 is 0 Å². The van der Waals surface area contributed by atoms with Crippen molar-refractivity contribution in [3.8, 4) is 11.5 Å². The van der Waals surface area contributed by atoms with E-state index in [1.54, 1.807) is 12.7 Å². The summed E-state index contributed by atoms with van der Waals surface area (Å²) in [6, 6.07) is 5.44. The van der Waals surface area contributed by atoms with Crippen LogP contribution in [-0.4, -0.2) is 5.11 Å². The molecule has 2 nitrogen and oxygen atoms in total. The lowest BCUT2D eigenvalue weighted by atomic mass is 10.2. The first kappa shape index (κ1) is 8.91. The molecule has 0 saturated carbocycles. The minimum Gasteiger partial charge on any atom is -0.504 e. The highest BCUT2D eigenvalue weighted by Crippen LogP contribution is 2.29. The molecule has 1 rings (SSSR count). The predicted octanol–water partition coefficient (Wildman–Crippen LogP) is 2.65. The number of hydrogen-bond donors (Lipinski definition) is 1. The lowest BCUT2D eigenvalue weighted by Gasteiger charge is -2.06. The average molecular weight is 165 g/mol. The first-order valence-electron chi connectivity index (χ1n) is 4.02. The van der Waals surface area contributed by atoms with E-state index in [4.69, 9.17) is 4.74 Å². The van der Waals surface area contributed by atoms with Crippen LogP contribution < -0.4 is 4.74 Å². The lowest BCUT2D eigenvalue weighted by Crippen LogP contribution is -1.89. The fraction of sp³-hybridized carbons (Fsp3) is 0.300. The van der Waals surface area contributed by atoms with Gasteiger partial charge in [-0.2, -0.15) is 0 Å². The number of phenolic OH excluding ortho intramolecular Hbond substituents is 1. The van der Waals surface area contributed by atoms with E-state index in [0.717, 1.165) is 12.0 Å². The normalized spacial score (nSPS) is 9.83. The Kier molecular flexibility index (Phi) is 2.97. The quantitative estimate of drug-likeness (QED) is 0.746. The van der Waals surface area contributed by atoms with Gasteiger partial charge in [0.1, 0.15) is 6.61 Å². The van der Waals surface area contributed by atoms with Crippen LogP contribution in [0.5, 0.6) is 11.5 Å². The molecule has 1 radical (unpaired) electrons. The number of aromatic hydroxyl groups is 1. The van der Waals surface area contributed by atoms with E-state index in [1.165, 1.54) is 0 Å². The van der Waals surface area contributed by atoms with Crippen molar-refractivity contribution < 1.29 is 9.84 Å². The fourth-order valence-electron chi connectivity index (χ4n) is 0.900. The second-order valence-electron chi connectivity index (χ2n) is 2.61. The van der Waals surface area contributed by atoms with Gasteiger partial charge in [-0.05, 0) is 25.0 Å². The Morgan fingerprint density at radius 1 is 1.50 bits per heavy atom. The van der Waals surface area contributed by atoms with Gasteiger partial charge in [0.2, 0.25) is 0 Å². The molecule has 0 saturated heterocycles. The number of phenols is 1. The number of benzene rings is 1. The van der Waals surface area contributed by atoms with Crippen molar-refractivity contribution in [1.29, 1.82) is 0 Å². The SMILES string of the molecule is CC[CH]Oc1cccc(C)c1O. The molecular formula is C10H13O2. The van der Waals surface area contributed by atoms with Gasteiger partial charge in [0.05, 0.1) is 0 Å². The van der Waals surface area contributed by atoms with Crippen molar-refractivity contribution in [3.05, 3.63) is 30.4 Å². The molecule has 12 heavy (non-hydrogen) atoms. The van der Waals surface area contributed by atoms with Crippen LogP contribution in [0.3, 0.4) is 0 Å². The van der Waals surface area contributed by atoms with E-state index in [0.29, 0.717) is 5.75 Å². The molecule has 0 spiro atoms. The van der Waals surface area contributed by atoms with Gasteiger partial charge in [-0.3, -0.25) is 0 Å². The monoisotopic (exact) mass is 165 g/mol. The van der Waals surface area contributed by atoms with Gasteiger partial charge in [-0.15, -0.1) is 0 Å². The molecule has 1 aromatic rings. The van der Waals surface area contributed by atoms with Gasteiger partial charge in [0, 0.05) is 0 Å². The molecule has 0 amide bonds. The summed E-state index contributed by atoms with van der Waals surface area (Å²) < 4.78 is 5.19. The summed E-state index contributed by atoms with van der Waals surface area (Å²) >= 11 is 0. The average Bonchev–Trinajstić information content (AvgIpc) is 2.08. The highest BCUT2D eigenvalue weighted by molar-refractivity contribution is 5.44. The van der Waals surface area contributed by atoms with Crippen LogP contribution in [0.2, 0.25) is 0 Å². The summed E-state index contributed by atoms with van der Waals surface area (Å²) in [6.45, 7) is 5.48. The standard InChI is InChI=1S/C10H13O2/c1-3-7-12-9-6-4-5-8(2)10(9)11/h4-7,11H,3H2,1-2H3. The Labute approximate surface area is 72.8 Å². The van der Waals surface area contributed by atoms with Crippen molar-refractivity contribution in [3.63, 3.8) is 0 Å². The molecule has 1 aromatic carbocycles. The Bertz CT molecular complexity index is 256. The van der Waals surface area contributed by atoms with Gasteiger partial charge in [-0.1, -0.05) is 19.1 Å². The van der Waals surface area contributed by atoms with E-state index in [9.17, 15) is 5.11 Å². The van der Waals surface area contributed by atoms with E-state index >= 15 is 0 Å². The minimum absolute atomic E-state index is 0.224. The van der Waals surface area contributed by atoms with Gasteiger partial charge in [0.15, 0.2) is 11.5 Å². The topological polar surface area (TPSA) is 29.5 Å². The molecule has 0 fully saturated rings. The zero-order valence-electron chi connectivity index (χ0n) is 7.37. The predicted molar refractivity (Wildman–Crippen MR) is 48.1 cm³/mol. The maximum absolute atomic E-state index is 9.48. The third kappa shape index (κ3) is 1.91. The Hall–Kier alpha value is -1.18. The number of ether oxygens (including phenoxy) is 1. The number of aryl methyl sites for hydroxylation is 1. The van der Waals surface area contributed by atoms with E-state index in [-0.39, 0.29) is 5.75 Å². The molecule has 0 aromatic heterocycles. The molecule has 0 bridgehead atoms. The summed E-state index contributed by atoms with van der Waals surface area (Å²) in [4.78, 5) is 0. The third-order valence-corrected chi connectivity index (χ3v) is 1.58. The first-order chi connectivity index (χ1) is 5.75. The van der Waals surface area contributed by atoms with E-state index in [1.807, 2.05) is 26.0 Å². The van der Waals surface area contributed by atoms with Crippen molar-refractivity contribution >= 4 is 0 Å². The van der Waals surface area contributed by atoms with Gasteiger partial charge >= 0.3 is 0 Å². The second kappa shape index (κ2) is 4.00. The number of rotatable bonds is 3. The number of para-hydroxylation sites is 1. The maximum Gasteiger partial charge on any atom is 0.161 e. The maximum atomic E-state index is 9.48. The fourth-order valence-corrected chi connectivity index (χ4v) is 0.900. The highest BCUT2D eigenvalue weighted by atomic mass is 16.5. The van der Waals surface area contributed by atoms with E-state index in [2.05, 4.69) is 0 Å². The van der Waals surface area contributed by atoms with Crippen molar-refractivity contribution in [1.82, 2.24) is 0 Å². The Balaban J connectivity index is 2.78. The summed E-state index contributed by atoms with van der Waals surface area (Å²) in [5.74, 6) is 0.749. The molecule has 0 aliphatic heterocycles. The van der Waals surface area contributed by atoms with Crippen LogP contribution in [-0.2, 0) is 0 Å². The molecule has 2 heteroatoms.